The van der Waals surface area contributed by atoms with Crippen LogP contribution in [0.1, 0.15) is 0 Å². The van der Waals surface area contributed by atoms with Gasteiger partial charge in [-0.05, 0) is 15.9 Å². The third-order valence-corrected chi connectivity index (χ3v) is 2.04. The number of hydrogen-bond donors (Lipinski definition) is 0. The van der Waals surface area contributed by atoms with Crippen molar-refractivity contribution in [2.45, 2.75) is 0 Å². The topological polar surface area (TPSA) is 51.6 Å². The van der Waals surface area contributed by atoms with E-state index in [4.69, 9.17) is 11.6 Å². The smallest absolute Gasteiger partial charge is 0.148 e. The minimum Gasteiger partial charge on any atom is -0.260 e. The number of halogens is 2. The minimum absolute atomic E-state index is 0.337. The van der Waals surface area contributed by atoms with Crippen LogP contribution in [0.15, 0.2) is 29.4 Å². The first kappa shape index (κ1) is 9.48. The first-order valence-corrected chi connectivity index (χ1v) is 4.88. The van der Waals surface area contributed by atoms with Gasteiger partial charge in [0.05, 0.1) is 24.8 Å². The number of hydrogen-bond acceptors (Lipinski definition) is 4. The molecule has 2 aromatic rings. The molecule has 0 aliphatic carbocycles. The van der Waals surface area contributed by atoms with Gasteiger partial charge in [-0.25, -0.2) is 9.97 Å². The Morgan fingerprint density at radius 2 is 1.57 bits per heavy atom. The summed E-state index contributed by atoms with van der Waals surface area (Å²) in [5.41, 5.74) is 1.24. The van der Waals surface area contributed by atoms with E-state index in [-0.39, 0.29) is 0 Å². The van der Waals surface area contributed by atoms with Gasteiger partial charge >= 0.3 is 0 Å². The second-order valence-corrected chi connectivity index (χ2v) is 3.65. The Morgan fingerprint density at radius 1 is 0.929 bits per heavy atom. The van der Waals surface area contributed by atoms with E-state index in [1.165, 1.54) is 6.20 Å². The molecule has 4 nitrogen and oxygen atoms in total. The maximum atomic E-state index is 5.70. The van der Waals surface area contributed by atoms with Gasteiger partial charge in [0.15, 0.2) is 0 Å². The quantitative estimate of drug-likeness (QED) is 0.799. The van der Waals surface area contributed by atoms with Crippen LogP contribution in [0.4, 0.5) is 0 Å². The number of nitrogens with zero attached hydrogens (tertiary/aromatic N) is 4. The minimum atomic E-state index is 0.337. The van der Waals surface area contributed by atoms with Crippen LogP contribution in [0.5, 0.6) is 0 Å². The van der Waals surface area contributed by atoms with Gasteiger partial charge in [0.1, 0.15) is 21.1 Å². The highest BCUT2D eigenvalue weighted by Gasteiger charge is 2.03. The number of rotatable bonds is 1. The lowest BCUT2D eigenvalue weighted by molar-refractivity contribution is 1.12. The highest BCUT2D eigenvalue weighted by Crippen LogP contribution is 2.16. The second-order valence-electron chi connectivity index (χ2n) is 2.45. The van der Waals surface area contributed by atoms with Crippen LogP contribution in [-0.2, 0) is 0 Å². The summed E-state index contributed by atoms with van der Waals surface area (Å²) < 4.78 is 0.650. The zero-order chi connectivity index (χ0) is 9.97. The average Bonchev–Trinajstić information content (AvgIpc) is 2.18. The molecule has 0 spiro atoms. The highest BCUT2D eigenvalue weighted by molar-refractivity contribution is 9.10. The Hall–Kier alpha value is -1.07. The summed E-state index contributed by atoms with van der Waals surface area (Å²) in [7, 11) is 0. The molecular weight excluding hydrogens is 267 g/mol. The van der Waals surface area contributed by atoms with E-state index in [0.29, 0.717) is 21.1 Å². The molecule has 2 heterocycles. The van der Waals surface area contributed by atoms with E-state index in [0.717, 1.165) is 0 Å². The fourth-order valence-corrected chi connectivity index (χ4v) is 1.39. The van der Waals surface area contributed by atoms with E-state index in [1.54, 1.807) is 18.6 Å². The monoisotopic (exact) mass is 270 g/mol. The largest absolute Gasteiger partial charge is 0.260 e. The van der Waals surface area contributed by atoms with Gasteiger partial charge in [-0.1, -0.05) is 11.6 Å². The third kappa shape index (κ3) is 2.05. The van der Waals surface area contributed by atoms with E-state index in [2.05, 4.69) is 35.9 Å². The van der Waals surface area contributed by atoms with E-state index >= 15 is 0 Å². The molecule has 14 heavy (non-hydrogen) atoms. The fraction of sp³-hybridized carbons (Fsp3) is 0. The van der Waals surface area contributed by atoms with Crippen LogP contribution in [0, 0.1) is 0 Å². The molecule has 0 aliphatic heterocycles. The van der Waals surface area contributed by atoms with Gasteiger partial charge < -0.3 is 0 Å². The molecule has 0 N–H and O–H groups in total. The lowest BCUT2D eigenvalue weighted by atomic mass is 10.3. The fourth-order valence-electron chi connectivity index (χ4n) is 0.931. The molecule has 0 fully saturated rings. The molecule has 0 radical (unpaired) electrons. The summed E-state index contributed by atoms with van der Waals surface area (Å²) in [4.78, 5) is 16.1. The maximum Gasteiger partial charge on any atom is 0.148 e. The van der Waals surface area contributed by atoms with Crippen molar-refractivity contribution in [3.8, 4) is 11.4 Å². The second kappa shape index (κ2) is 3.98. The van der Waals surface area contributed by atoms with Gasteiger partial charge in [-0.2, -0.15) is 0 Å². The zero-order valence-electron chi connectivity index (χ0n) is 6.85. The molecular formula is C8H4BrClN4. The summed E-state index contributed by atoms with van der Waals surface area (Å²) in [5.74, 6) is 0. The lowest BCUT2D eigenvalue weighted by Gasteiger charge is -1.98. The average molecular weight is 272 g/mol. The molecule has 0 saturated heterocycles. The van der Waals surface area contributed by atoms with Crippen molar-refractivity contribution in [1.82, 2.24) is 19.9 Å². The summed E-state index contributed by atoms with van der Waals surface area (Å²) in [6.45, 7) is 0. The van der Waals surface area contributed by atoms with Crippen LogP contribution in [0.25, 0.3) is 11.4 Å². The summed E-state index contributed by atoms with van der Waals surface area (Å²) >= 11 is 8.92. The molecule has 2 aromatic heterocycles. The molecule has 0 atom stereocenters. The standard InChI is InChI=1S/C8H4BrClN4/c9-7-3-11-1-5(13-7)6-2-12-4-8(10)14-6/h1-4H. The van der Waals surface area contributed by atoms with Crippen LogP contribution in [-0.4, -0.2) is 19.9 Å². The van der Waals surface area contributed by atoms with Gasteiger partial charge in [-0.3, -0.25) is 9.97 Å². The Labute approximate surface area is 93.5 Å². The molecule has 0 amide bonds. The normalized spacial score (nSPS) is 10.1. The van der Waals surface area contributed by atoms with Crippen molar-refractivity contribution in [1.29, 1.82) is 0 Å². The van der Waals surface area contributed by atoms with Crippen molar-refractivity contribution in [2.24, 2.45) is 0 Å². The van der Waals surface area contributed by atoms with Gasteiger partial charge in [0.25, 0.3) is 0 Å². The Kier molecular flexibility index (Phi) is 2.69. The van der Waals surface area contributed by atoms with E-state index < -0.39 is 0 Å². The maximum absolute atomic E-state index is 5.70. The van der Waals surface area contributed by atoms with Gasteiger partial charge in [0, 0.05) is 0 Å². The first-order valence-electron chi connectivity index (χ1n) is 3.71. The summed E-state index contributed by atoms with van der Waals surface area (Å²) in [6.07, 6.45) is 6.26. The Bertz CT molecular complexity index is 419. The third-order valence-electron chi connectivity index (χ3n) is 1.47. The zero-order valence-corrected chi connectivity index (χ0v) is 9.20. The SMILES string of the molecule is Clc1cncc(-c2cncc(Br)n2)n1. The van der Waals surface area contributed by atoms with Crippen molar-refractivity contribution >= 4 is 27.5 Å². The molecule has 0 saturated carbocycles. The van der Waals surface area contributed by atoms with Crippen molar-refractivity contribution < 1.29 is 0 Å². The molecule has 0 aliphatic rings. The van der Waals surface area contributed by atoms with Gasteiger partial charge in [0.2, 0.25) is 0 Å². The van der Waals surface area contributed by atoms with Crippen LogP contribution in [0.3, 0.4) is 0 Å². The first-order chi connectivity index (χ1) is 6.75. The van der Waals surface area contributed by atoms with Crippen molar-refractivity contribution in [2.75, 3.05) is 0 Å². The van der Waals surface area contributed by atoms with E-state index in [9.17, 15) is 0 Å². The molecule has 0 aromatic carbocycles. The lowest BCUT2D eigenvalue weighted by Crippen LogP contribution is -1.90. The molecule has 0 bridgehead atoms. The van der Waals surface area contributed by atoms with Crippen LogP contribution in [0.2, 0.25) is 5.15 Å². The predicted molar refractivity (Wildman–Crippen MR) is 55.8 cm³/mol. The number of aromatic nitrogens is 4. The molecule has 2 rings (SSSR count). The Balaban J connectivity index is 2.49. The summed E-state index contributed by atoms with van der Waals surface area (Å²) in [6, 6.07) is 0. The molecule has 0 unspecified atom stereocenters. The summed E-state index contributed by atoms with van der Waals surface area (Å²) in [5, 5.41) is 0.337. The van der Waals surface area contributed by atoms with E-state index in [1.807, 2.05) is 0 Å². The predicted octanol–water partition coefficient (Wildman–Crippen LogP) is 2.35. The van der Waals surface area contributed by atoms with Crippen LogP contribution >= 0.6 is 27.5 Å². The molecule has 70 valence electrons. The van der Waals surface area contributed by atoms with Crippen molar-refractivity contribution in [3.63, 3.8) is 0 Å². The Morgan fingerprint density at radius 3 is 2.21 bits per heavy atom. The highest BCUT2D eigenvalue weighted by atomic mass is 79.9. The molecule has 6 heteroatoms. The van der Waals surface area contributed by atoms with Crippen LogP contribution < -0.4 is 0 Å². The van der Waals surface area contributed by atoms with Gasteiger partial charge in [-0.15, -0.1) is 0 Å². The van der Waals surface area contributed by atoms with Crippen molar-refractivity contribution in [3.05, 3.63) is 34.5 Å².